The molecule has 0 aliphatic carbocycles. The Bertz CT molecular complexity index is 2970. The van der Waals surface area contributed by atoms with Gasteiger partial charge in [-0.3, -0.25) is 4.98 Å². The molecule has 3 heteroatoms. The number of phenolic OH excluding ortho intramolecular Hbond substituents is 1. The largest absolute Gasteiger partial charge is 0.507 e. The number of aromatic hydroxyl groups is 1. The molecule has 0 atom stereocenters. The topological polar surface area (TPSA) is 46.0 Å². The highest BCUT2D eigenvalue weighted by atomic mass is 16.3. The van der Waals surface area contributed by atoms with Crippen molar-refractivity contribution < 1.29 is 5.11 Å². The molecule has 8 rings (SSSR count). The molecule has 2 aromatic heterocycles. The molecule has 0 amide bonds. The smallest absolute Gasteiger partial charge is 0.125 e. The molecule has 0 unspecified atom stereocenters. The molecule has 0 aliphatic heterocycles. The van der Waals surface area contributed by atoms with Gasteiger partial charge in [0.05, 0.1) is 17.1 Å². The van der Waals surface area contributed by atoms with Gasteiger partial charge in [-0.1, -0.05) is 159 Å². The van der Waals surface area contributed by atoms with Gasteiger partial charge in [-0.2, -0.15) is 0 Å². The van der Waals surface area contributed by atoms with Crippen LogP contribution in [0.3, 0.4) is 0 Å². The van der Waals surface area contributed by atoms with Gasteiger partial charge >= 0.3 is 0 Å². The minimum Gasteiger partial charge on any atom is -0.507 e. The summed E-state index contributed by atoms with van der Waals surface area (Å²) in [7, 11) is 0. The van der Waals surface area contributed by atoms with Crippen LogP contribution in [0.25, 0.3) is 78.3 Å². The lowest BCUT2D eigenvalue weighted by Gasteiger charge is -2.26. The lowest BCUT2D eigenvalue weighted by atomic mass is 9.79. The van der Waals surface area contributed by atoms with Crippen molar-refractivity contribution in [1.29, 1.82) is 0 Å². The molecule has 2 heterocycles. The van der Waals surface area contributed by atoms with Crippen LogP contribution in [-0.2, 0) is 16.2 Å². The second-order valence-corrected chi connectivity index (χ2v) is 19.8. The Morgan fingerprint density at radius 3 is 1.49 bits per heavy atom. The maximum atomic E-state index is 11.7. The summed E-state index contributed by atoms with van der Waals surface area (Å²) in [5.74, 6) is 2.91. The molecular weight excluding hydrogens is 765 g/mol. The van der Waals surface area contributed by atoms with Crippen LogP contribution in [0.15, 0.2) is 164 Å². The van der Waals surface area contributed by atoms with Gasteiger partial charge in [-0.15, -0.1) is 6.42 Å². The Kier molecular flexibility index (Phi) is 11.3. The van der Waals surface area contributed by atoms with Crippen LogP contribution in [0.2, 0.25) is 0 Å². The van der Waals surface area contributed by atoms with E-state index in [2.05, 4.69) is 190 Å². The van der Waals surface area contributed by atoms with Crippen LogP contribution in [0.5, 0.6) is 5.75 Å². The summed E-state index contributed by atoms with van der Waals surface area (Å²) in [6, 6.07) is 55.1. The zero-order valence-electron chi connectivity index (χ0n) is 38.0. The average molecular weight is 821 g/mol. The first-order chi connectivity index (χ1) is 29.9. The molecule has 8 aromatic rings. The lowest BCUT2D eigenvalue weighted by molar-refractivity contribution is 0.477. The van der Waals surface area contributed by atoms with E-state index in [1.165, 1.54) is 16.7 Å². The first-order valence-corrected chi connectivity index (χ1v) is 21.8. The molecule has 0 bridgehead atoms. The summed E-state index contributed by atoms with van der Waals surface area (Å²) in [4.78, 5) is 10.3. The molecule has 6 aromatic carbocycles. The van der Waals surface area contributed by atoms with Crippen LogP contribution in [0.4, 0.5) is 0 Å². The summed E-state index contributed by atoms with van der Waals surface area (Å²) >= 11 is 0. The van der Waals surface area contributed by atoms with E-state index in [1.807, 2.05) is 36.5 Å². The Balaban J connectivity index is 1.32. The van der Waals surface area contributed by atoms with Gasteiger partial charge in [0, 0.05) is 28.5 Å². The van der Waals surface area contributed by atoms with Gasteiger partial charge in [0.15, 0.2) is 0 Å². The van der Waals surface area contributed by atoms with Gasteiger partial charge in [-0.25, -0.2) is 4.98 Å². The van der Waals surface area contributed by atoms with Crippen molar-refractivity contribution >= 4 is 0 Å². The highest BCUT2D eigenvalue weighted by Crippen LogP contribution is 2.41. The van der Waals surface area contributed by atoms with Gasteiger partial charge in [-0.05, 0) is 144 Å². The number of benzene rings is 6. The fourth-order valence-electron chi connectivity index (χ4n) is 7.96. The first kappa shape index (κ1) is 42.7. The van der Waals surface area contributed by atoms with Crippen LogP contribution < -0.4 is 0 Å². The molecule has 1 N–H and O–H groups in total. The standard InChI is InChI=1S/C60H56N2O/c1-11-39-16-15-19-43(28-39)41-20-22-42(23-21-41)44-24-25-57(63)53(34-44)56-37-47(46-30-51(59(5,6)7)38-52(31-46)60(8,9)10)36-55(62-56)49-29-48(32-50(33-49)58(2,3)4)54-35-45(26-27-61-54)40-17-13-12-14-18-40/h1,12-38,63H,2-10H3. The quantitative estimate of drug-likeness (QED) is 0.163. The summed E-state index contributed by atoms with van der Waals surface area (Å²) in [6.07, 6.45) is 7.60. The number of hydrogen-bond acceptors (Lipinski definition) is 3. The third-order valence-corrected chi connectivity index (χ3v) is 11.9. The van der Waals surface area contributed by atoms with Gasteiger partial charge in [0.2, 0.25) is 0 Å². The SMILES string of the molecule is C#Cc1cccc(-c2ccc(-c3ccc(O)c(-c4cc(-c5cc(C(C)(C)C)cc(C(C)(C)C)c5)cc(-c5cc(-c6cc(-c7ccccc7)ccn6)cc(C(C)(C)C)c5)n4)c3)cc2)c1. The normalized spacial score (nSPS) is 11.9. The van der Waals surface area contributed by atoms with E-state index in [9.17, 15) is 5.11 Å². The fraction of sp³-hybridized carbons (Fsp3) is 0.200. The van der Waals surface area contributed by atoms with Gasteiger partial charge in [0.1, 0.15) is 5.75 Å². The summed E-state index contributed by atoms with van der Waals surface area (Å²) in [5, 5.41) is 11.7. The van der Waals surface area contributed by atoms with Gasteiger partial charge < -0.3 is 5.11 Å². The molecule has 0 saturated heterocycles. The minimum atomic E-state index is -0.156. The summed E-state index contributed by atoms with van der Waals surface area (Å²) < 4.78 is 0. The van der Waals surface area contributed by atoms with Crippen molar-refractivity contribution in [2.75, 3.05) is 0 Å². The maximum absolute atomic E-state index is 11.7. The van der Waals surface area contributed by atoms with Crippen molar-refractivity contribution in [2.45, 2.75) is 78.6 Å². The lowest BCUT2D eigenvalue weighted by Crippen LogP contribution is -2.16. The van der Waals surface area contributed by atoms with E-state index in [0.717, 1.165) is 72.6 Å². The fourth-order valence-corrected chi connectivity index (χ4v) is 7.96. The molecule has 0 saturated carbocycles. The Morgan fingerprint density at radius 2 is 0.873 bits per heavy atom. The third kappa shape index (κ3) is 9.42. The van der Waals surface area contributed by atoms with Crippen LogP contribution in [0, 0.1) is 12.3 Å². The van der Waals surface area contributed by atoms with Crippen LogP contribution in [-0.4, -0.2) is 15.1 Å². The summed E-state index contributed by atoms with van der Waals surface area (Å²) in [6.45, 7) is 20.4. The number of hydrogen-bond donors (Lipinski definition) is 1. The molecule has 0 aliphatic rings. The molecule has 0 spiro atoms. The molecule has 0 fully saturated rings. The van der Waals surface area contributed by atoms with E-state index in [-0.39, 0.29) is 22.0 Å². The highest BCUT2D eigenvalue weighted by Gasteiger charge is 2.23. The monoisotopic (exact) mass is 820 g/mol. The predicted octanol–water partition coefficient (Wildman–Crippen LogP) is 15.7. The van der Waals surface area contributed by atoms with E-state index in [4.69, 9.17) is 16.4 Å². The van der Waals surface area contributed by atoms with Crippen molar-refractivity contribution in [3.05, 3.63) is 186 Å². The number of aromatic nitrogens is 2. The molecule has 3 nitrogen and oxygen atoms in total. The number of nitrogens with zero attached hydrogens (tertiary/aromatic N) is 2. The van der Waals surface area contributed by atoms with E-state index < -0.39 is 0 Å². The van der Waals surface area contributed by atoms with Crippen molar-refractivity contribution in [2.24, 2.45) is 0 Å². The predicted molar refractivity (Wildman–Crippen MR) is 266 cm³/mol. The van der Waals surface area contributed by atoms with Crippen molar-refractivity contribution in [3.63, 3.8) is 0 Å². The van der Waals surface area contributed by atoms with Gasteiger partial charge in [0.25, 0.3) is 0 Å². The molecule has 63 heavy (non-hydrogen) atoms. The van der Waals surface area contributed by atoms with Crippen molar-refractivity contribution in [3.8, 4) is 96.4 Å². The average Bonchev–Trinajstić information content (AvgIpc) is 3.28. The van der Waals surface area contributed by atoms with E-state index in [1.54, 1.807) is 6.07 Å². The third-order valence-electron chi connectivity index (χ3n) is 11.9. The maximum Gasteiger partial charge on any atom is 0.125 e. The molecular formula is C60H56N2O. The Morgan fingerprint density at radius 1 is 0.397 bits per heavy atom. The number of pyridine rings is 2. The zero-order valence-corrected chi connectivity index (χ0v) is 38.0. The zero-order chi connectivity index (χ0) is 44.7. The minimum absolute atomic E-state index is 0.0712. The number of terminal acetylenes is 1. The van der Waals surface area contributed by atoms with E-state index >= 15 is 0 Å². The van der Waals surface area contributed by atoms with Crippen LogP contribution in [0.1, 0.15) is 84.6 Å². The highest BCUT2D eigenvalue weighted by molar-refractivity contribution is 5.84. The van der Waals surface area contributed by atoms with E-state index in [0.29, 0.717) is 11.3 Å². The first-order valence-electron chi connectivity index (χ1n) is 21.8. The Hall–Kier alpha value is -7.02. The second kappa shape index (κ2) is 16.7. The second-order valence-electron chi connectivity index (χ2n) is 19.8. The number of rotatable bonds is 7. The Labute approximate surface area is 374 Å². The number of phenols is 1. The van der Waals surface area contributed by atoms with Crippen molar-refractivity contribution in [1.82, 2.24) is 9.97 Å². The summed E-state index contributed by atoms with van der Waals surface area (Å²) in [5.41, 5.74) is 17.9. The van der Waals surface area contributed by atoms with Crippen LogP contribution >= 0.6 is 0 Å². The molecule has 0 radical (unpaired) electrons. The molecule has 312 valence electrons.